The average Bonchev–Trinajstić information content (AvgIpc) is 2.82. The zero-order valence-corrected chi connectivity index (χ0v) is 11.2. The molecule has 1 atom stereocenters. The molecule has 0 aliphatic carbocycles. The molecule has 102 valence electrons. The third-order valence-electron chi connectivity index (χ3n) is 3.07. The highest BCUT2D eigenvalue weighted by Crippen LogP contribution is 2.21. The minimum Gasteiger partial charge on any atom is -0.318 e. The zero-order valence-electron chi connectivity index (χ0n) is 10.4. The van der Waals surface area contributed by atoms with E-state index in [0.717, 1.165) is 19.3 Å². The third kappa shape index (κ3) is 3.01. The van der Waals surface area contributed by atoms with Crippen LogP contribution < -0.4 is 10.0 Å². The van der Waals surface area contributed by atoms with E-state index >= 15 is 0 Å². The molecule has 0 bridgehead atoms. The molecule has 18 heavy (non-hydrogen) atoms. The van der Waals surface area contributed by atoms with Gasteiger partial charge in [-0.05, 0) is 19.9 Å². The minimum atomic E-state index is -3.49. The Kier molecular flexibility index (Phi) is 4.20. The maximum Gasteiger partial charge on any atom is 0.302 e. The van der Waals surface area contributed by atoms with Gasteiger partial charge in [0.25, 0.3) is 0 Å². The number of hydrogen-bond acceptors (Lipinski definition) is 4. The van der Waals surface area contributed by atoms with Crippen LogP contribution in [-0.2, 0) is 10.2 Å². The van der Waals surface area contributed by atoms with Crippen molar-refractivity contribution in [3.05, 3.63) is 12.4 Å². The summed E-state index contributed by atoms with van der Waals surface area (Å²) in [4.78, 5) is 0. The van der Waals surface area contributed by atoms with Gasteiger partial charge in [0, 0.05) is 25.3 Å². The van der Waals surface area contributed by atoms with Crippen LogP contribution in [0.15, 0.2) is 12.4 Å². The Bertz CT molecular complexity index is 457. The van der Waals surface area contributed by atoms with Crippen LogP contribution in [0.5, 0.6) is 0 Å². The van der Waals surface area contributed by atoms with E-state index in [1.165, 1.54) is 12.4 Å². The second-order valence-corrected chi connectivity index (χ2v) is 6.04. The smallest absolute Gasteiger partial charge is 0.302 e. The standard InChI is InChI=1S/C10H19N5O2S/c1-11-8-10-4-2-3-5-15(10)18(16,17)14-9-6-12-13-7-9/h6-7,10-11,14H,2-5,8H2,1H3,(H,12,13). The highest BCUT2D eigenvalue weighted by atomic mass is 32.2. The summed E-state index contributed by atoms with van der Waals surface area (Å²) in [5, 5.41) is 9.35. The maximum absolute atomic E-state index is 12.3. The number of nitrogens with one attached hydrogen (secondary N) is 3. The molecule has 0 aromatic carbocycles. The van der Waals surface area contributed by atoms with Crippen LogP contribution in [-0.4, -0.2) is 49.1 Å². The largest absolute Gasteiger partial charge is 0.318 e. The van der Waals surface area contributed by atoms with E-state index in [1.807, 2.05) is 7.05 Å². The van der Waals surface area contributed by atoms with Crippen LogP contribution in [0.1, 0.15) is 19.3 Å². The van der Waals surface area contributed by atoms with E-state index in [1.54, 1.807) is 4.31 Å². The maximum atomic E-state index is 12.3. The Labute approximate surface area is 107 Å². The molecule has 8 heteroatoms. The lowest BCUT2D eigenvalue weighted by molar-refractivity contribution is 0.250. The Morgan fingerprint density at radius 3 is 3.06 bits per heavy atom. The number of H-pyrrole nitrogens is 1. The Morgan fingerprint density at radius 1 is 1.56 bits per heavy atom. The van der Waals surface area contributed by atoms with Gasteiger partial charge in [0.2, 0.25) is 0 Å². The second kappa shape index (κ2) is 5.68. The zero-order chi connectivity index (χ0) is 13.0. The summed E-state index contributed by atoms with van der Waals surface area (Å²) in [5.41, 5.74) is 0.462. The van der Waals surface area contributed by atoms with Crippen molar-refractivity contribution in [3.63, 3.8) is 0 Å². The molecule has 7 nitrogen and oxygen atoms in total. The van der Waals surface area contributed by atoms with Crippen molar-refractivity contribution >= 4 is 15.9 Å². The van der Waals surface area contributed by atoms with Crippen LogP contribution in [0.4, 0.5) is 5.69 Å². The van der Waals surface area contributed by atoms with Crippen LogP contribution in [0.25, 0.3) is 0 Å². The number of piperidine rings is 1. The molecule has 0 radical (unpaired) electrons. The van der Waals surface area contributed by atoms with E-state index in [4.69, 9.17) is 0 Å². The molecule has 1 fully saturated rings. The number of hydrogen-bond donors (Lipinski definition) is 3. The molecule has 3 N–H and O–H groups in total. The van der Waals surface area contributed by atoms with Crippen molar-refractivity contribution in [3.8, 4) is 0 Å². The fourth-order valence-electron chi connectivity index (χ4n) is 2.24. The predicted molar refractivity (Wildman–Crippen MR) is 69.4 cm³/mol. The number of likely N-dealkylation sites (N-methyl/N-ethyl adjacent to an activating group) is 1. The van der Waals surface area contributed by atoms with Gasteiger partial charge >= 0.3 is 10.2 Å². The van der Waals surface area contributed by atoms with E-state index in [-0.39, 0.29) is 6.04 Å². The fourth-order valence-corrected chi connectivity index (χ4v) is 3.71. The summed E-state index contributed by atoms with van der Waals surface area (Å²) < 4.78 is 28.6. The van der Waals surface area contributed by atoms with Crippen LogP contribution >= 0.6 is 0 Å². The molecular formula is C10H19N5O2S. The van der Waals surface area contributed by atoms with Crippen molar-refractivity contribution in [1.82, 2.24) is 19.8 Å². The van der Waals surface area contributed by atoms with Crippen molar-refractivity contribution in [2.75, 3.05) is 24.9 Å². The lowest BCUT2D eigenvalue weighted by atomic mass is 10.1. The molecule has 2 heterocycles. The van der Waals surface area contributed by atoms with Gasteiger partial charge in [-0.25, -0.2) is 0 Å². The molecule has 0 spiro atoms. The van der Waals surface area contributed by atoms with E-state index in [0.29, 0.717) is 18.8 Å². The van der Waals surface area contributed by atoms with Crippen LogP contribution in [0, 0.1) is 0 Å². The first kappa shape index (κ1) is 13.3. The molecule has 1 aromatic heterocycles. The van der Waals surface area contributed by atoms with Crippen LogP contribution in [0.2, 0.25) is 0 Å². The summed E-state index contributed by atoms with van der Waals surface area (Å²) in [7, 11) is -1.66. The normalized spacial score (nSPS) is 21.9. The highest BCUT2D eigenvalue weighted by Gasteiger charge is 2.31. The molecule has 1 aliphatic heterocycles. The van der Waals surface area contributed by atoms with Gasteiger partial charge in [-0.15, -0.1) is 0 Å². The molecule has 0 saturated carbocycles. The SMILES string of the molecule is CNCC1CCCCN1S(=O)(=O)Nc1cn[nH]c1. The van der Waals surface area contributed by atoms with Gasteiger partial charge < -0.3 is 5.32 Å². The minimum absolute atomic E-state index is 0.0214. The van der Waals surface area contributed by atoms with E-state index < -0.39 is 10.2 Å². The number of anilines is 1. The Morgan fingerprint density at radius 2 is 2.39 bits per heavy atom. The van der Waals surface area contributed by atoms with Crippen molar-refractivity contribution in [2.24, 2.45) is 0 Å². The first-order valence-corrected chi connectivity index (χ1v) is 7.50. The van der Waals surface area contributed by atoms with Crippen molar-refractivity contribution in [2.45, 2.75) is 25.3 Å². The lowest BCUT2D eigenvalue weighted by Crippen LogP contribution is -2.49. The molecular weight excluding hydrogens is 254 g/mol. The summed E-state index contributed by atoms with van der Waals surface area (Å²) in [6.07, 6.45) is 5.85. The van der Waals surface area contributed by atoms with Gasteiger partial charge in [0.05, 0.1) is 11.9 Å². The number of aromatic amines is 1. The summed E-state index contributed by atoms with van der Waals surface area (Å²) in [5.74, 6) is 0. The molecule has 0 amide bonds. The Balaban J connectivity index is 2.11. The Hall–Kier alpha value is -1.12. The average molecular weight is 273 g/mol. The first-order chi connectivity index (χ1) is 8.63. The van der Waals surface area contributed by atoms with Gasteiger partial charge in [-0.1, -0.05) is 6.42 Å². The quantitative estimate of drug-likeness (QED) is 0.712. The third-order valence-corrected chi connectivity index (χ3v) is 4.66. The van der Waals surface area contributed by atoms with E-state index in [9.17, 15) is 8.42 Å². The number of rotatable bonds is 5. The first-order valence-electron chi connectivity index (χ1n) is 6.06. The summed E-state index contributed by atoms with van der Waals surface area (Å²) in [6, 6.07) is 0.0214. The number of aromatic nitrogens is 2. The molecule has 2 rings (SSSR count). The summed E-state index contributed by atoms with van der Waals surface area (Å²) in [6.45, 7) is 1.24. The van der Waals surface area contributed by atoms with Gasteiger partial charge in [-0.2, -0.15) is 17.8 Å². The monoisotopic (exact) mass is 273 g/mol. The molecule has 1 saturated heterocycles. The fraction of sp³-hybridized carbons (Fsp3) is 0.700. The van der Waals surface area contributed by atoms with Crippen molar-refractivity contribution < 1.29 is 8.42 Å². The van der Waals surface area contributed by atoms with Gasteiger partial charge in [-0.3, -0.25) is 9.82 Å². The van der Waals surface area contributed by atoms with E-state index in [2.05, 4.69) is 20.2 Å². The number of nitrogens with zero attached hydrogens (tertiary/aromatic N) is 2. The highest BCUT2D eigenvalue weighted by molar-refractivity contribution is 7.90. The predicted octanol–water partition coefficient (Wildman–Crippen LogP) is 0.140. The molecule has 1 unspecified atom stereocenters. The molecule has 1 aliphatic rings. The molecule has 1 aromatic rings. The second-order valence-electron chi connectivity index (χ2n) is 4.41. The summed E-state index contributed by atoms with van der Waals surface area (Å²) >= 11 is 0. The van der Waals surface area contributed by atoms with Crippen LogP contribution in [0.3, 0.4) is 0 Å². The van der Waals surface area contributed by atoms with Gasteiger partial charge in [0.15, 0.2) is 0 Å². The van der Waals surface area contributed by atoms with Crippen molar-refractivity contribution in [1.29, 1.82) is 0 Å². The van der Waals surface area contributed by atoms with Gasteiger partial charge in [0.1, 0.15) is 0 Å². The lowest BCUT2D eigenvalue weighted by Gasteiger charge is -2.34. The topological polar surface area (TPSA) is 90.1 Å².